The minimum absolute atomic E-state index is 0.00493. The van der Waals surface area contributed by atoms with Crippen molar-refractivity contribution in [3.05, 3.63) is 28.2 Å². The standard InChI is InChI=1S/C18H26BrN3O3/c1-3-12(2)14-4-5-16(15(19)10-14)25-11-17(23)22-8-6-13(7-9-22)18(24)21-20/h4-5,10,12-13H,3,6-9,11,20H2,1-2H3,(H,21,24). The van der Waals surface area contributed by atoms with E-state index in [9.17, 15) is 9.59 Å². The van der Waals surface area contributed by atoms with E-state index >= 15 is 0 Å². The molecule has 3 N–H and O–H groups in total. The van der Waals surface area contributed by atoms with Gasteiger partial charge in [0.05, 0.1) is 4.47 Å². The summed E-state index contributed by atoms with van der Waals surface area (Å²) in [4.78, 5) is 25.6. The van der Waals surface area contributed by atoms with Gasteiger partial charge in [0, 0.05) is 19.0 Å². The molecule has 1 aliphatic heterocycles. The highest BCUT2D eigenvalue weighted by Gasteiger charge is 2.27. The van der Waals surface area contributed by atoms with E-state index in [-0.39, 0.29) is 24.3 Å². The normalized spacial score (nSPS) is 16.4. The van der Waals surface area contributed by atoms with Gasteiger partial charge in [0.1, 0.15) is 5.75 Å². The molecule has 1 aliphatic rings. The molecule has 1 unspecified atom stereocenters. The number of benzene rings is 1. The Kier molecular flexibility index (Phi) is 7.25. The lowest BCUT2D eigenvalue weighted by Crippen LogP contribution is -2.45. The molecule has 0 bridgehead atoms. The topological polar surface area (TPSA) is 84.7 Å². The number of amides is 2. The second-order valence-electron chi connectivity index (χ2n) is 6.45. The molecule has 0 saturated carbocycles. The number of carbonyl (C=O) groups excluding carboxylic acids is 2. The van der Waals surface area contributed by atoms with Crippen LogP contribution >= 0.6 is 15.9 Å². The van der Waals surface area contributed by atoms with Gasteiger partial charge in [-0.05, 0) is 58.8 Å². The molecule has 25 heavy (non-hydrogen) atoms. The van der Waals surface area contributed by atoms with Gasteiger partial charge in [0.2, 0.25) is 5.91 Å². The summed E-state index contributed by atoms with van der Waals surface area (Å²) in [6.45, 7) is 5.43. The van der Waals surface area contributed by atoms with Crippen LogP contribution in [0.5, 0.6) is 5.75 Å². The van der Waals surface area contributed by atoms with Gasteiger partial charge < -0.3 is 9.64 Å². The summed E-state index contributed by atoms with van der Waals surface area (Å²) < 4.78 is 6.54. The van der Waals surface area contributed by atoms with Crippen molar-refractivity contribution in [1.82, 2.24) is 10.3 Å². The van der Waals surface area contributed by atoms with Crippen LogP contribution in [0.3, 0.4) is 0 Å². The summed E-state index contributed by atoms with van der Waals surface area (Å²) in [5.74, 6) is 5.97. The van der Waals surface area contributed by atoms with Gasteiger partial charge in [0.25, 0.3) is 5.91 Å². The third kappa shape index (κ3) is 5.19. The van der Waals surface area contributed by atoms with Crippen molar-refractivity contribution in [2.24, 2.45) is 11.8 Å². The number of hydrogen-bond donors (Lipinski definition) is 2. The zero-order valence-electron chi connectivity index (χ0n) is 14.8. The third-order valence-corrected chi connectivity index (χ3v) is 5.47. The molecular formula is C18H26BrN3O3. The summed E-state index contributed by atoms with van der Waals surface area (Å²) in [6, 6.07) is 5.98. The average Bonchev–Trinajstić information content (AvgIpc) is 2.65. The summed E-state index contributed by atoms with van der Waals surface area (Å²) in [5.41, 5.74) is 3.42. The van der Waals surface area contributed by atoms with Crippen LogP contribution in [-0.4, -0.2) is 36.4 Å². The Labute approximate surface area is 157 Å². The fourth-order valence-electron chi connectivity index (χ4n) is 2.92. The molecule has 0 radical (unpaired) electrons. The lowest BCUT2D eigenvalue weighted by Gasteiger charge is -2.31. The molecule has 1 fully saturated rings. The predicted octanol–water partition coefficient (Wildman–Crippen LogP) is 2.57. The summed E-state index contributed by atoms with van der Waals surface area (Å²) >= 11 is 3.52. The maximum Gasteiger partial charge on any atom is 0.260 e. The molecule has 0 aromatic heterocycles. The van der Waals surface area contributed by atoms with Crippen molar-refractivity contribution in [1.29, 1.82) is 0 Å². The quantitative estimate of drug-likeness (QED) is 0.427. The van der Waals surface area contributed by atoms with Crippen molar-refractivity contribution in [3.63, 3.8) is 0 Å². The maximum atomic E-state index is 12.3. The number of carbonyl (C=O) groups is 2. The number of hydrogen-bond acceptors (Lipinski definition) is 4. The van der Waals surface area contributed by atoms with E-state index in [2.05, 4.69) is 35.2 Å². The molecular weight excluding hydrogens is 386 g/mol. The number of piperidine rings is 1. The molecule has 0 spiro atoms. The van der Waals surface area contributed by atoms with E-state index in [1.165, 1.54) is 5.56 Å². The predicted molar refractivity (Wildman–Crippen MR) is 100.0 cm³/mol. The average molecular weight is 412 g/mol. The minimum Gasteiger partial charge on any atom is -0.483 e. The Morgan fingerprint density at radius 1 is 1.40 bits per heavy atom. The summed E-state index contributed by atoms with van der Waals surface area (Å²) in [6.07, 6.45) is 2.33. The van der Waals surface area contributed by atoms with Gasteiger partial charge in [-0.15, -0.1) is 0 Å². The van der Waals surface area contributed by atoms with E-state index in [0.29, 0.717) is 37.6 Å². The fourth-order valence-corrected chi connectivity index (χ4v) is 3.43. The molecule has 1 aromatic carbocycles. The Balaban J connectivity index is 1.85. The molecule has 1 aromatic rings. The van der Waals surface area contributed by atoms with Crippen LogP contribution in [0.4, 0.5) is 0 Å². The van der Waals surface area contributed by atoms with Gasteiger partial charge in [-0.25, -0.2) is 5.84 Å². The first-order chi connectivity index (χ1) is 12.0. The van der Waals surface area contributed by atoms with Crippen molar-refractivity contribution < 1.29 is 14.3 Å². The molecule has 1 saturated heterocycles. The Morgan fingerprint density at radius 2 is 2.08 bits per heavy atom. The maximum absolute atomic E-state index is 12.3. The van der Waals surface area contributed by atoms with Crippen molar-refractivity contribution in [2.45, 2.75) is 39.0 Å². The summed E-state index contributed by atoms with van der Waals surface area (Å²) in [5, 5.41) is 0. The number of nitrogens with zero attached hydrogens (tertiary/aromatic N) is 1. The zero-order chi connectivity index (χ0) is 18.4. The first-order valence-corrected chi connectivity index (χ1v) is 9.46. The molecule has 138 valence electrons. The lowest BCUT2D eigenvalue weighted by molar-refractivity contribution is -0.137. The number of hydrazine groups is 1. The second kappa shape index (κ2) is 9.20. The van der Waals surface area contributed by atoms with Crippen molar-refractivity contribution >= 4 is 27.7 Å². The minimum atomic E-state index is -0.159. The number of nitrogens with one attached hydrogen (secondary N) is 1. The monoisotopic (exact) mass is 411 g/mol. The van der Waals surface area contributed by atoms with Crippen molar-refractivity contribution in [2.75, 3.05) is 19.7 Å². The number of nitrogens with two attached hydrogens (primary N) is 1. The van der Waals surface area contributed by atoms with E-state index < -0.39 is 0 Å². The molecule has 0 aliphatic carbocycles. The zero-order valence-corrected chi connectivity index (χ0v) is 16.3. The van der Waals surface area contributed by atoms with Crippen LogP contribution in [0, 0.1) is 5.92 Å². The molecule has 2 amide bonds. The number of rotatable bonds is 6. The van der Waals surface area contributed by atoms with Gasteiger partial charge >= 0.3 is 0 Å². The molecule has 1 atom stereocenters. The SMILES string of the molecule is CCC(C)c1ccc(OCC(=O)N2CCC(C(=O)NN)CC2)c(Br)c1. The van der Waals surface area contributed by atoms with Crippen LogP contribution < -0.4 is 16.0 Å². The highest BCUT2D eigenvalue weighted by atomic mass is 79.9. The molecule has 2 rings (SSSR count). The van der Waals surface area contributed by atoms with E-state index in [4.69, 9.17) is 10.6 Å². The molecule has 7 heteroatoms. The second-order valence-corrected chi connectivity index (χ2v) is 7.31. The van der Waals surface area contributed by atoms with Crippen LogP contribution in [0.25, 0.3) is 0 Å². The number of ether oxygens (including phenoxy) is 1. The third-order valence-electron chi connectivity index (χ3n) is 4.85. The van der Waals surface area contributed by atoms with Crippen LogP contribution in [-0.2, 0) is 9.59 Å². The molecule has 1 heterocycles. The van der Waals surface area contributed by atoms with Crippen LogP contribution in [0.1, 0.15) is 44.6 Å². The van der Waals surface area contributed by atoms with Gasteiger partial charge in [-0.3, -0.25) is 15.0 Å². The first kappa shape index (κ1) is 19.7. The Morgan fingerprint density at radius 3 is 2.64 bits per heavy atom. The van der Waals surface area contributed by atoms with Gasteiger partial charge in [0.15, 0.2) is 6.61 Å². The summed E-state index contributed by atoms with van der Waals surface area (Å²) in [7, 11) is 0. The number of halogens is 1. The van der Waals surface area contributed by atoms with E-state index in [0.717, 1.165) is 10.9 Å². The number of likely N-dealkylation sites (tertiary alicyclic amines) is 1. The highest BCUT2D eigenvalue weighted by Crippen LogP contribution is 2.30. The van der Waals surface area contributed by atoms with E-state index in [1.807, 2.05) is 18.2 Å². The van der Waals surface area contributed by atoms with Crippen LogP contribution in [0.2, 0.25) is 0 Å². The largest absolute Gasteiger partial charge is 0.483 e. The molecule has 6 nitrogen and oxygen atoms in total. The van der Waals surface area contributed by atoms with Gasteiger partial charge in [-0.2, -0.15) is 0 Å². The highest BCUT2D eigenvalue weighted by molar-refractivity contribution is 9.10. The van der Waals surface area contributed by atoms with Gasteiger partial charge in [-0.1, -0.05) is 19.9 Å². The Hall–Kier alpha value is -1.60. The fraction of sp³-hybridized carbons (Fsp3) is 0.556. The Bertz CT molecular complexity index is 616. The lowest BCUT2D eigenvalue weighted by atomic mass is 9.96. The first-order valence-electron chi connectivity index (χ1n) is 8.66. The van der Waals surface area contributed by atoms with Crippen LogP contribution in [0.15, 0.2) is 22.7 Å². The van der Waals surface area contributed by atoms with E-state index in [1.54, 1.807) is 4.90 Å². The van der Waals surface area contributed by atoms with Crippen molar-refractivity contribution in [3.8, 4) is 5.75 Å². The smallest absolute Gasteiger partial charge is 0.260 e.